The van der Waals surface area contributed by atoms with Crippen LogP contribution in [-0.4, -0.2) is 21.3 Å². The van der Waals surface area contributed by atoms with Crippen LogP contribution in [0.15, 0.2) is 40.8 Å². The molecule has 0 unspecified atom stereocenters. The van der Waals surface area contributed by atoms with Crippen LogP contribution < -0.4 is 14.2 Å². The quantitative estimate of drug-likeness (QED) is 0.694. The Labute approximate surface area is 133 Å². The Balaban J connectivity index is 2.16. The van der Waals surface area contributed by atoms with Crippen LogP contribution in [0.2, 0.25) is 5.02 Å². The molecule has 1 heterocycles. The molecule has 4 nitrogen and oxygen atoms in total. The van der Waals surface area contributed by atoms with E-state index in [2.05, 4.69) is 0 Å². The minimum atomic E-state index is 0.543. The first kappa shape index (κ1) is 14.6. The van der Waals surface area contributed by atoms with Gasteiger partial charge in [0, 0.05) is 17.0 Å². The maximum Gasteiger partial charge on any atom is 0.164 e. The van der Waals surface area contributed by atoms with Gasteiger partial charge in [0.25, 0.3) is 0 Å². The second-order valence-corrected chi connectivity index (χ2v) is 5.05. The number of methoxy groups -OCH3 is 3. The summed E-state index contributed by atoms with van der Waals surface area (Å²) >= 11 is 6.47. The van der Waals surface area contributed by atoms with Gasteiger partial charge in [0.2, 0.25) is 0 Å². The summed E-state index contributed by atoms with van der Waals surface area (Å²) in [7, 11) is 4.79. The van der Waals surface area contributed by atoms with Crippen molar-refractivity contribution in [2.45, 2.75) is 0 Å². The van der Waals surface area contributed by atoms with Crippen molar-refractivity contribution in [1.82, 2.24) is 0 Å². The SMILES string of the molecule is COc1ccc(-c2oc3cc(OC)c(OC)cc3c2Cl)cc1. The van der Waals surface area contributed by atoms with Crippen molar-refractivity contribution in [3.63, 3.8) is 0 Å². The molecule has 0 aliphatic heterocycles. The van der Waals surface area contributed by atoms with Gasteiger partial charge in [0.05, 0.1) is 26.4 Å². The molecule has 0 aliphatic carbocycles. The Morgan fingerprint density at radius 1 is 0.864 bits per heavy atom. The van der Waals surface area contributed by atoms with Gasteiger partial charge >= 0.3 is 0 Å². The molecule has 3 aromatic rings. The maximum absolute atomic E-state index is 6.47. The number of hydrogen-bond acceptors (Lipinski definition) is 4. The van der Waals surface area contributed by atoms with Gasteiger partial charge in [-0.1, -0.05) is 11.6 Å². The third-order valence-electron chi connectivity index (χ3n) is 3.49. The summed E-state index contributed by atoms with van der Waals surface area (Å²) in [4.78, 5) is 0. The molecule has 0 atom stereocenters. The van der Waals surface area contributed by atoms with Crippen LogP contribution in [0, 0.1) is 0 Å². The molecular formula is C17H15ClO4. The Hall–Kier alpha value is -2.33. The maximum atomic E-state index is 6.47. The molecule has 0 amide bonds. The minimum absolute atomic E-state index is 0.543. The highest BCUT2D eigenvalue weighted by molar-refractivity contribution is 6.38. The van der Waals surface area contributed by atoms with Gasteiger partial charge in [0.1, 0.15) is 11.3 Å². The smallest absolute Gasteiger partial charge is 0.164 e. The minimum Gasteiger partial charge on any atom is -0.497 e. The number of halogens is 1. The Bertz CT molecular complexity index is 806. The zero-order chi connectivity index (χ0) is 15.7. The zero-order valence-corrected chi connectivity index (χ0v) is 13.2. The van der Waals surface area contributed by atoms with Crippen LogP contribution in [0.5, 0.6) is 17.2 Å². The molecule has 0 saturated carbocycles. The van der Waals surface area contributed by atoms with Crippen molar-refractivity contribution in [1.29, 1.82) is 0 Å². The van der Waals surface area contributed by atoms with Gasteiger partial charge in [-0.3, -0.25) is 0 Å². The highest BCUT2D eigenvalue weighted by atomic mass is 35.5. The molecule has 0 spiro atoms. The lowest BCUT2D eigenvalue weighted by molar-refractivity contribution is 0.355. The second-order valence-electron chi connectivity index (χ2n) is 4.68. The summed E-state index contributed by atoms with van der Waals surface area (Å²) in [6.45, 7) is 0. The van der Waals surface area contributed by atoms with Gasteiger partial charge in [0.15, 0.2) is 17.3 Å². The highest BCUT2D eigenvalue weighted by Gasteiger charge is 2.17. The van der Waals surface area contributed by atoms with E-state index in [1.54, 1.807) is 27.4 Å². The average molecular weight is 319 g/mol. The summed E-state index contributed by atoms with van der Waals surface area (Å²) in [5.41, 5.74) is 1.52. The number of benzene rings is 2. The molecule has 0 fully saturated rings. The summed E-state index contributed by atoms with van der Waals surface area (Å²) in [5, 5.41) is 1.33. The standard InChI is InChI=1S/C17H15ClO4/c1-19-11-6-4-10(5-7-11)17-16(18)12-8-14(20-2)15(21-3)9-13(12)22-17/h4-9H,1-3H3. The Kier molecular flexibility index (Phi) is 3.86. The van der Waals surface area contributed by atoms with Crippen molar-refractivity contribution in [2.24, 2.45) is 0 Å². The van der Waals surface area contributed by atoms with Crippen LogP contribution in [0.1, 0.15) is 0 Å². The number of furan rings is 1. The third-order valence-corrected chi connectivity index (χ3v) is 3.86. The normalized spacial score (nSPS) is 10.7. The summed E-state index contributed by atoms with van der Waals surface area (Å²) in [5.74, 6) is 2.59. The zero-order valence-electron chi connectivity index (χ0n) is 12.5. The van der Waals surface area contributed by atoms with Gasteiger partial charge in [-0.25, -0.2) is 0 Å². The van der Waals surface area contributed by atoms with E-state index in [1.807, 2.05) is 30.3 Å². The molecule has 0 radical (unpaired) electrons. The van der Waals surface area contributed by atoms with Crippen LogP contribution in [0.4, 0.5) is 0 Å². The van der Waals surface area contributed by atoms with Crippen LogP contribution in [-0.2, 0) is 0 Å². The summed E-state index contributed by atoms with van der Waals surface area (Å²) in [6.07, 6.45) is 0. The van der Waals surface area contributed by atoms with Gasteiger partial charge < -0.3 is 18.6 Å². The van der Waals surface area contributed by atoms with E-state index in [-0.39, 0.29) is 0 Å². The van der Waals surface area contributed by atoms with Crippen molar-refractivity contribution in [3.05, 3.63) is 41.4 Å². The monoisotopic (exact) mass is 318 g/mol. The van der Waals surface area contributed by atoms with Crippen molar-refractivity contribution < 1.29 is 18.6 Å². The first-order chi connectivity index (χ1) is 10.7. The Morgan fingerprint density at radius 3 is 2.09 bits per heavy atom. The number of hydrogen-bond donors (Lipinski definition) is 0. The molecule has 0 bridgehead atoms. The summed E-state index contributed by atoms with van der Waals surface area (Å²) < 4.78 is 21.6. The fraction of sp³-hybridized carbons (Fsp3) is 0.176. The van der Waals surface area contributed by atoms with Crippen LogP contribution in [0.25, 0.3) is 22.3 Å². The predicted octanol–water partition coefficient (Wildman–Crippen LogP) is 4.78. The van der Waals surface area contributed by atoms with Gasteiger partial charge in [-0.15, -0.1) is 0 Å². The molecule has 1 aromatic heterocycles. The molecule has 3 rings (SSSR count). The van der Waals surface area contributed by atoms with Gasteiger partial charge in [-0.2, -0.15) is 0 Å². The van der Waals surface area contributed by atoms with E-state index in [0.717, 1.165) is 16.7 Å². The molecule has 0 saturated heterocycles. The average Bonchev–Trinajstić information content (AvgIpc) is 2.89. The van der Waals surface area contributed by atoms with Crippen molar-refractivity contribution in [2.75, 3.05) is 21.3 Å². The lowest BCUT2D eigenvalue weighted by Gasteiger charge is -2.06. The number of ether oxygens (including phenoxy) is 3. The largest absolute Gasteiger partial charge is 0.497 e. The molecule has 0 N–H and O–H groups in total. The van der Waals surface area contributed by atoms with Crippen LogP contribution >= 0.6 is 11.6 Å². The van der Waals surface area contributed by atoms with Crippen molar-refractivity contribution >= 4 is 22.6 Å². The van der Waals surface area contributed by atoms with Crippen molar-refractivity contribution in [3.8, 4) is 28.6 Å². The van der Waals surface area contributed by atoms with Gasteiger partial charge in [-0.05, 0) is 30.3 Å². The first-order valence-electron chi connectivity index (χ1n) is 6.66. The number of rotatable bonds is 4. The molecule has 22 heavy (non-hydrogen) atoms. The lowest BCUT2D eigenvalue weighted by Crippen LogP contribution is -1.89. The fourth-order valence-electron chi connectivity index (χ4n) is 2.32. The van der Waals surface area contributed by atoms with E-state index in [4.69, 9.17) is 30.2 Å². The molecular weight excluding hydrogens is 304 g/mol. The lowest BCUT2D eigenvalue weighted by atomic mass is 10.1. The topological polar surface area (TPSA) is 40.8 Å². The van der Waals surface area contributed by atoms with Crippen LogP contribution in [0.3, 0.4) is 0 Å². The predicted molar refractivity (Wildman–Crippen MR) is 86.3 cm³/mol. The molecule has 114 valence electrons. The molecule has 0 aliphatic rings. The van der Waals surface area contributed by atoms with E-state index in [1.165, 1.54) is 0 Å². The second kappa shape index (κ2) is 5.81. The van der Waals surface area contributed by atoms with E-state index in [0.29, 0.717) is 27.9 Å². The highest BCUT2D eigenvalue weighted by Crippen LogP contribution is 2.42. The first-order valence-corrected chi connectivity index (χ1v) is 7.04. The number of fused-ring (bicyclic) bond motifs is 1. The van der Waals surface area contributed by atoms with E-state index >= 15 is 0 Å². The third kappa shape index (κ3) is 2.35. The summed E-state index contributed by atoms with van der Waals surface area (Å²) in [6, 6.07) is 11.1. The van der Waals surface area contributed by atoms with E-state index in [9.17, 15) is 0 Å². The molecule has 5 heteroatoms. The Morgan fingerprint density at radius 2 is 1.50 bits per heavy atom. The van der Waals surface area contributed by atoms with E-state index < -0.39 is 0 Å². The molecule has 2 aromatic carbocycles. The fourth-order valence-corrected chi connectivity index (χ4v) is 2.62.